The van der Waals surface area contributed by atoms with Gasteiger partial charge in [-0.3, -0.25) is 10.1 Å². The van der Waals surface area contributed by atoms with Crippen molar-refractivity contribution in [2.75, 3.05) is 5.32 Å². The summed E-state index contributed by atoms with van der Waals surface area (Å²) in [5.41, 5.74) is 0.113. The van der Waals surface area contributed by atoms with Crippen molar-refractivity contribution in [3.8, 4) is 6.07 Å². The fourth-order valence-electron chi connectivity index (χ4n) is 0.756. The van der Waals surface area contributed by atoms with Crippen LogP contribution in [0.4, 0.5) is 5.82 Å². The van der Waals surface area contributed by atoms with Crippen LogP contribution in [-0.4, -0.2) is 22.0 Å². The topological polar surface area (TPSA) is 103 Å². The molecule has 1 amide bonds. The first-order chi connectivity index (χ1) is 6.65. The summed E-state index contributed by atoms with van der Waals surface area (Å²) in [7, 11) is 0. The third kappa shape index (κ3) is 2.04. The Morgan fingerprint density at radius 3 is 2.86 bits per heavy atom. The van der Waals surface area contributed by atoms with E-state index in [0.717, 1.165) is 0 Å². The zero-order valence-electron chi connectivity index (χ0n) is 6.89. The number of pyridine rings is 1. The van der Waals surface area contributed by atoms with Crippen LogP contribution in [0.1, 0.15) is 5.56 Å². The maximum Gasteiger partial charge on any atom is 0.394 e. The minimum Gasteiger partial charge on any atom is -0.474 e. The Balaban J connectivity index is 2.93. The summed E-state index contributed by atoms with van der Waals surface area (Å²) in [4.78, 5) is 24.6. The number of carboxylic acids is 1. The van der Waals surface area contributed by atoms with Gasteiger partial charge in [0.15, 0.2) is 5.82 Å². The zero-order valence-corrected chi connectivity index (χ0v) is 6.89. The van der Waals surface area contributed by atoms with Crippen LogP contribution in [-0.2, 0) is 9.59 Å². The average molecular weight is 191 g/mol. The van der Waals surface area contributed by atoms with Crippen molar-refractivity contribution in [3.05, 3.63) is 23.9 Å². The number of rotatable bonds is 1. The second kappa shape index (κ2) is 4.00. The Morgan fingerprint density at radius 1 is 1.57 bits per heavy atom. The van der Waals surface area contributed by atoms with Gasteiger partial charge in [0.1, 0.15) is 6.07 Å². The fourth-order valence-corrected chi connectivity index (χ4v) is 0.756. The fraction of sp³-hybridized carbons (Fsp3) is 0. The van der Waals surface area contributed by atoms with Crippen molar-refractivity contribution in [2.24, 2.45) is 0 Å². The lowest BCUT2D eigenvalue weighted by molar-refractivity contribution is -0.147. The largest absolute Gasteiger partial charge is 0.474 e. The minimum absolute atomic E-state index is 0.0533. The van der Waals surface area contributed by atoms with Crippen LogP contribution >= 0.6 is 0 Å². The highest BCUT2D eigenvalue weighted by Gasteiger charge is 2.13. The number of carboxylic acid groups (broad SMARTS) is 1. The Morgan fingerprint density at radius 2 is 2.29 bits per heavy atom. The lowest BCUT2D eigenvalue weighted by Gasteiger charge is -2.01. The molecule has 0 aliphatic carbocycles. The molecule has 1 rings (SSSR count). The first-order valence-corrected chi connectivity index (χ1v) is 3.54. The molecule has 0 aliphatic rings. The molecule has 0 atom stereocenters. The number of nitrogens with one attached hydrogen (secondary N) is 1. The maximum atomic E-state index is 10.7. The second-order valence-electron chi connectivity index (χ2n) is 2.27. The summed E-state index contributed by atoms with van der Waals surface area (Å²) in [5.74, 6) is -2.90. The molecule has 0 unspecified atom stereocenters. The number of nitriles is 1. The number of aromatic nitrogens is 1. The van der Waals surface area contributed by atoms with Crippen molar-refractivity contribution >= 4 is 17.7 Å². The van der Waals surface area contributed by atoms with Crippen LogP contribution in [0.15, 0.2) is 18.3 Å². The molecular formula is C8H5N3O3. The lowest BCUT2D eigenvalue weighted by atomic mass is 10.3. The molecule has 0 fully saturated rings. The molecular weight excluding hydrogens is 186 g/mol. The molecule has 1 aromatic heterocycles. The van der Waals surface area contributed by atoms with Gasteiger partial charge < -0.3 is 5.11 Å². The van der Waals surface area contributed by atoms with E-state index in [1.807, 2.05) is 5.32 Å². The molecule has 1 heterocycles. The van der Waals surface area contributed by atoms with E-state index in [2.05, 4.69) is 4.98 Å². The molecule has 2 N–H and O–H groups in total. The smallest absolute Gasteiger partial charge is 0.394 e. The molecule has 0 bridgehead atoms. The van der Waals surface area contributed by atoms with Crippen LogP contribution in [0.2, 0.25) is 0 Å². The van der Waals surface area contributed by atoms with Crippen molar-refractivity contribution in [2.45, 2.75) is 0 Å². The number of hydrogen-bond acceptors (Lipinski definition) is 4. The number of hydrogen-bond donors (Lipinski definition) is 2. The van der Waals surface area contributed by atoms with Crippen molar-refractivity contribution in [3.63, 3.8) is 0 Å². The van der Waals surface area contributed by atoms with E-state index in [1.54, 1.807) is 6.07 Å². The van der Waals surface area contributed by atoms with Crippen LogP contribution in [0.25, 0.3) is 0 Å². The van der Waals surface area contributed by atoms with Crippen molar-refractivity contribution in [1.82, 2.24) is 4.98 Å². The predicted molar refractivity (Wildman–Crippen MR) is 45.2 cm³/mol. The molecule has 6 nitrogen and oxygen atoms in total. The number of carbonyl (C=O) groups excluding carboxylic acids is 1. The van der Waals surface area contributed by atoms with Crippen LogP contribution in [0, 0.1) is 11.3 Å². The monoisotopic (exact) mass is 191 g/mol. The van der Waals surface area contributed by atoms with Gasteiger partial charge in [0.2, 0.25) is 0 Å². The number of carbonyl (C=O) groups is 2. The molecule has 0 saturated carbocycles. The van der Waals surface area contributed by atoms with Crippen LogP contribution < -0.4 is 5.32 Å². The van der Waals surface area contributed by atoms with Crippen LogP contribution in [0.5, 0.6) is 0 Å². The van der Waals surface area contributed by atoms with Gasteiger partial charge in [-0.05, 0) is 12.1 Å². The molecule has 14 heavy (non-hydrogen) atoms. The van der Waals surface area contributed by atoms with Gasteiger partial charge >= 0.3 is 11.9 Å². The van der Waals surface area contributed by atoms with Gasteiger partial charge in [-0.25, -0.2) is 9.78 Å². The normalized spacial score (nSPS) is 8.79. The number of anilines is 1. The summed E-state index contributed by atoms with van der Waals surface area (Å²) < 4.78 is 0. The molecule has 1 aromatic rings. The van der Waals surface area contributed by atoms with Gasteiger partial charge in [-0.15, -0.1) is 0 Å². The summed E-state index contributed by atoms with van der Waals surface area (Å²) in [6, 6.07) is 4.70. The Hall–Kier alpha value is -2.42. The Kier molecular flexibility index (Phi) is 2.76. The van der Waals surface area contributed by atoms with Crippen molar-refractivity contribution in [1.29, 1.82) is 5.26 Å². The molecule has 0 saturated heterocycles. The minimum atomic E-state index is -1.63. The first-order valence-electron chi connectivity index (χ1n) is 3.54. The SMILES string of the molecule is N#Cc1cccnc1NC(=O)C(=O)O. The summed E-state index contributed by atoms with van der Waals surface area (Å²) in [6.45, 7) is 0. The Labute approximate surface area is 78.8 Å². The summed E-state index contributed by atoms with van der Waals surface area (Å²) in [5, 5.41) is 18.9. The second-order valence-corrected chi connectivity index (χ2v) is 2.27. The number of amides is 1. The van der Waals surface area contributed by atoms with E-state index in [9.17, 15) is 9.59 Å². The maximum absolute atomic E-state index is 10.7. The van der Waals surface area contributed by atoms with Gasteiger partial charge in [-0.2, -0.15) is 5.26 Å². The van der Waals surface area contributed by atoms with Gasteiger partial charge in [0.25, 0.3) is 0 Å². The molecule has 6 heteroatoms. The van der Waals surface area contributed by atoms with Gasteiger partial charge in [0.05, 0.1) is 5.56 Å². The van der Waals surface area contributed by atoms with Gasteiger partial charge in [-0.1, -0.05) is 0 Å². The van der Waals surface area contributed by atoms with E-state index in [0.29, 0.717) is 0 Å². The number of aliphatic carboxylic acids is 1. The van der Waals surface area contributed by atoms with Gasteiger partial charge in [0, 0.05) is 6.20 Å². The van der Waals surface area contributed by atoms with E-state index in [-0.39, 0.29) is 11.4 Å². The van der Waals surface area contributed by atoms with E-state index in [4.69, 9.17) is 10.4 Å². The first kappa shape index (κ1) is 9.67. The van der Waals surface area contributed by atoms with E-state index < -0.39 is 11.9 Å². The molecule has 70 valence electrons. The standard InChI is InChI=1S/C8H5N3O3/c9-4-5-2-1-3-10-6(5)11-7(12)8(13)14/h1-3H,(H,13,14)(H,10,11,12). The van der Waals surface area contributed by atoms with Crippen LogP contribution in [0.3, 0.4) is 0 Å². The highest BCUT2D eigenvalue weighted by atomic mass is 16.4. The highest BCUT2D eigenvalue weighted by Crippen LogP contribution is 2.08. The predicted octanol–water partition coefficient (Wildman–Crippen LogP) is -0.0236. The van der Waals surface area contributed by atoms with Crippen molar-refractivity contribution < 1.29 is 14.7 Å². The molecule has 0 radical (unpaired) electrons. The Bertz CT molecular complexity index is 422. The quantitative estimate of drug-likeness (QED) is 0.607. The third-order valence-corrected chi connectivity index (χ3v) is 1.35. The molecule has 0 aromatic carbocycles. The zero-order chi connectivity index (χ0) is 10.6. The number of nitrogens with zero attached hydrogens (tertiary/aromatic N) is 2. The summed E-state index contributed by atoms with van der Waals surface area (Å²) >= 11 is 0. The molecule has 0 aliphatic heterocycles. The molecule has 0 spiro atoms. The average Bonchev–Trinajstić information content (AvgIpc) is 2.18. The van der Waals surface area contributed by atoms with E-state index in [1.165, 1.54) is 18.3 Å². The lowest BCUT2D eigenvalue weighted by Crippen LogP contribution is -2.22. The highest BCUT2D eigenvalue weighted by molar-refractivity contribution is 6.36. The van der Waals surface area contributed by atoms with E-state index >= 15 is 0 Å². The summed E-state index contributed by atoms with van der Waals surface area (Å²) in [6.07, 6.45) is 1.35. The third-order valence-electron chi connectivity index (χ3n) is 1.35.